The van der Waals surface area contributed by atoms with Crippen LogP contribution in [0.3, 0.4) is 0 Å². The second-order valence-corrected chi connectivity index (χ2v) is 5.44. The number of aryl methyl sites for hydroxylation is 1. The minimum Gasteiger partial charge on any atom is -0.399 e. The van der Waals surface area contributed by atoms with Crippen molar-refractivity contribution in [3.8, 4) is 0 Å². The number of aromatic nitrogens is 1. The number of pyridine rings is 1. The van der Waals surface area contributed by atoms with E-state index in [-0.39, 0.29) is 11.4 Å². The lowest BCUT2D eigenvalue weighted by Crippen LogP contribution is -2.20. The number of nitrogens with one attached hydrogen (secondary N) is 2. The van der Waals surface area contributed by atoms with E-state index in [1.54, 1.807) is 37.3 Å². The van der Waals surface area contributed by atoms with E-state index in [1.165, 1.54) is 18.2 Å². The van der Waals surface area contributed by atoms with Gasteiger partial charge in [0.25, 0.3) is 5.69 Å². The normalized spacial score (nSPS) is 10.4. The minimum absolute atomic E-state index is 0.111. The summed E-state index contributed by atoms with van der Waals surface area (Å²) in [6, 6.07) is 12.2. The van der Waals surface area contributed by atoms with Crippen LogP contribution in [0.4, 0.5) is 27.5 Å². The lowest BCUT2D eigenvalue weighted by atomic mass is 10.1. The maximum atomic E-state index is 12.3. The molecule has 2 amide bonds. The van der Waals surface area contributed by atoms with Gasteiger partial charge in [0.05, 0.1) is 16.1 Å². The molecule has 1 heterocycles. The maximum absolute atomic E-state index is 12.3. The molecule has 0 aliphatic carbocycles. The summed E-state index contributed by atoms with van der Waals surface area (Å²) in [6.07, 6.45) is 0. The summed E-state index contributed by atoms with van der Waals surface area (Å²) >= 11 is 0. The van der Waals surface area contributed by atoms with Crippen molar-refractivity contribution in [3.05, 3.63) is 64.3 Å². The van der Waals surface area contributed by atoms with Gasteiger partial charge in [-0.05, 0) is 37.3 Å². The number of nitrogens with zero attached hydrogens (tertiary/aromatic N) is 2. The number of nitro groups is 1. The van der Waals surface area contributed by atoms with Gasteiger partial charge in [-0.25, -0.2) is 4.79 Å². The van der Waals surface area contributed by atoms with E-state index in [0.717, 1.165) is 5.69 Å². The number of nitrogen functional groups attached to an aromatic ring is 1. The van der Waals surface area contributed by atoms with Crippen LogP contribution in [0.25, 0.3) is 10.9 Å². The molecule has 0 bridgehead atoms. The second-order valence-electron chi connectivity index (χ2n) is 5.44. The number of para-hydroxylation sites is 2. The fourth-order valence-electron chi connectivity index (χ4n) is 2.49. The number of carbonyl (C=O) groups is 1. The largest absolute Gasteiger partial charge is 0.399 e. The summed E-state index contributed by atoms with van der Waals surface area (Å²) < 4.78 is 0. The number of amides is 2. The number of nitrogens with two attached hydrogens (primary N) is 1. The molecule has 0 fully saturated rings. The lowest BCUT2D eigenvalue weighted by Gasteiger charge is -2.11. The maximum Gasteiger partial charge on any atom is 0.323 e. The van der Waals surface area contributed by atoms with Crippen LogP contribution in [0.1, 0.15) is 5.69 Å². The Morgan fingerprint density at radius 1 is 1.12 bits per heavy atom. The highest BCUT2D eigenvalue weighted by molar-refractivity contribution is 6.06. The van der Waals surface area contributed by atoms with Crippen molar-refractivity contribution in [3.63, 3.8) is 0 Å². The van der Waals surface area contributed by atoms with Gasteiger partial charge in [0.2, 0.25) is 0 Å². The van der Waals surface area contributed by atoms with Crippen LogP contribution in [0.2, 0.25) is 0 Å². The Balaban J connectivity index is 1.90. The number of rotatable bonds is 3. The first-order valence-corrected chi connectivity index (χ1v) is 7.42. The predicted molar refractivity (Wildman–Crippen MR) is 96.6 cm³/mol. The van der Waals surface area contributed by atoms with Gasteiger partial charge in [-0.2, -0.15) is 0 Å². The smallest absolute Gasteiger partial charge is 0.323 e. The summed E-state index contributed by atoms with van der Waals surface area (Å²) in [5.41, 5.74) is 8.21. The molecule has 0 aliphatic rings. The highest BCUT2D eigenvalue weighted by Crippen LogP contribution is 2.27. The van der Waals surface area contributed by atoms with E-state index in [9.17, 15) is 14.9 Å². The third-order valence-electron chi connectivity index (χ3n) is 3.56. The number of fused-ring (bicyclic) bond motifs is 1. The lowest BCUT2D eigenvalue weighted by molar-refractivity contribution is -0.383. The molecule has 3 rings (SSSR count). The average molecular weight is 337 g/mol. The fourth-order valence-corrected chi connectivity index (χ4v) is 2.49. The van der Waals surface area contributed by atoms with Crippen LogP contribution >= 0.6 is 0 Å². The number of benzene rings is 2. The van der Waals surface area contributed by atoms with Crippen molar-refractivity contribution in [2.24, 2.45) is 0 Å². The predicted octanol–water partition coefficient (Wildman–Crippen LogP) is 3.68. The molecule has 8 heteroatoms. The second kappa shape index (κ2) is 6.44. The first-order chi connectivity index (χ1) is 11.9. The topological polar surface area (TPSA) is 123 Å². The third-order valence-corrected chi connectivity index (χ3v) is 3.56. The van der Waals surface area contributed by atoms with Crippen molar-refractivity contribution in [1.29, 1.82) is 0 Å². The first-order valence-electron chi connectivity index (χ1n) is 7.42. The molecule has 1 aromatic heterocycles. The Kier molecular flexibility index (Phi) is 4.17. The Morgan fingerprint density at radius 2 is 1.84 bits per heavy atom. The summed E-state index contributed by atoms with van der Waals surface area (Å²) in [5, 5.41) is 16.9. The molecular formula is C17H15N5O3. The highest BCUT2D eigenvalue weighted by atomic mass is 16.6. The van der Waals surface area contributed by atoms with E-state index in [2.05, 4.69) is 15.6 Å². The molecule has 0 saturated heterocycles. The molecule has 0 spiro atoms. The SMILES string of the molecule is Cc1cc(NC(=O)Nc2ccccc2[N+](=O)[O-])c2cc(N)ccc2n1. The van der Waals surface area contributed by atoms with Crippen LogP contribution in [0, 0.1) is 17.0 Å². The third kappa shape index (κ3) is 3.47. The van der Waals surface area contributed by atoms with Crippen molar-refractivity contribution in [2.45, 2.75) is 6.92 Å². The molecule has 25 heavy (non-hydrogen) atoms. The summed E-state index contributed by atoms with van der Waals surface area (Å²) in [7, 11) is 0. The van der Waals surface area contributed by atoms with Gasteiger partial charge < -0.3 is 16.4 Å². The van der Waals surface area contributed by atoms with Crippen molar-refractivity contribution in [1.82, 2.24) is 4.98 Å². The van der Waals surface area contributed by atoms with Crippen molar-refractivity contribution >= 4 is 39.7 Å². The number of urea groups is 1. The molecule has 3 aromatic rings. The van der Waals surface area contributed by atoms with E-state index >= 15 is 0 Å². The van der Waals surface area contributed by atoms with E-state index in [0.29, 0.717) is 22.3 Å². The highest BCUT2D eigenvalue weighted by Gasteiger charge is 2.15. The number of anilines is 3. The number of hydrogen-bond acceptors (Lipinski definition) is 5. The van der Waals surface area contributed by atoms with Crippen LogP contribution in [0.15, 0.2) is 48.5 Å². The van der Waals surface area contributed by atoms with E-state index in [1.807, 2.05) is 0 Å². The number of hydrogen-bond donors (Lipinski definition) is 3. The van der Waals surface area contributed by atoms with Gasteiger partial charge in [0, 0.05) is 22.8 Å². The number of carbonyl (C=O) groups excluding carboxylic acids is 1. The standard InChI is InChI=1S/C17H15N5O3/c1-10-8-15(12-9-11(18)6-7-13(12)19-10)21-17(23)20-14-4-2-3-5-16(14)22(24)25/h2-9H,18H2,1H3,(H2,19,20,21,23). The van der Waals surface area contributed by atoms with Gasteiger partial charge in [0.15, 0.2) is 0 Å². The van der Waals surface area contributed by atoms with Crippen LogP contribution in [-0.2, 0) is 0 Å². The molecule has 126 valence electrons. The average Bonchev–Trinajstić information content (AvgIpc) is 2.55. The van der Waals surface area contributed by atoms with Gasteiger partial charge >= 0.3 is 6.03 Å². The molecule has 0 radical (unpaired) electrons. The molecule has 0 unspecified atom stereocenters. The quantitative estimate of drug-likeness (QED) is 0.382. The van der Waals surface area contributed by atoms with Gasteiger partial charge in [-0.3, -0.25) is 15.1 Å². The van der Waals surface area contributed by atoms with E-state index in [4.69, 9.17) is 5.73 Å². The fraction of sp³-hybridized carbons (Fsp3) is 0.0588. The van der Waals surface area contributed by atoms with Crippen LogP contribution in [-0.4, -0.2) is 15.9 Å². The Morgan fingerprint density at radius 3 is 2.60 bits per heavy atom. The zero-order chi connectivity index (χ0) is 18.0. The summed E-state index contributed by atoms with van der Waals surface area (Å²) in [4.78, 5) is 27.2. The monoisotopic (exact) mass is 337 g/mol. The van der Waals surface area contributed by atoms with Gasteiger partial charge in [-0.1, -0.05) is 12.1 Å². The van der Waals surface area contributed by atoms with E-state index < -0.39 is 11.0 Å². The molecule has 0 saturated carbocycles. The Labute approximate surface area is 142 Å². The minimum atomic E-state index is -0.594. The zero-order valence-electron chi connectivity index (χ0n) is 13.3. The molecule has 4 N–H and O–H groups in total. The summed E-state index contributed by atoms with van der Waals surface area (Å²) in [6.45, 7) is 1.81. The van der Waals surface area contributed by atoms with Crippen LogP contribution < -0.4 is 16.4 Å². The van der Waals surface area contributed by atoms with Gasteiger partial charge in [0.1, 0.15) is 5.69 Å². The van der Waals surface area contributed by atoms with Crippen molar-refractivity contribution in [2.75, 3.05) is 16.4 Å². The molecular weight excluding hydrogens is 322 g/mol. The Bertz CT molecular complexity index is 987. The number of nitro benzene ring substituents is 1. The molecule has 2 aromatic carbocycles. The van der Waals surface area contributed by atoms with Crippen molar-refractivity contribution < 1.29 is 9.72 Å². The molecule has 0 atom stereocenters. The summed E-state index contributed by atoms with van der Waals surface area (Å²) in [5.74, 6) is 0. The molecule has 8 nitrogen and oxygen atoms in total. The van der Waals surface area contributed by atoms with Gasteiger partial charge in [-0.15, -0.1) is 0 Å². The van der Waals surface area contributed by atoms with Crippen LogP contribution in [0.5, 0.6) is 0 Å². The first kappa shape index (κ1) is 16.2. The Hall–Kier alpha value is -3.68. The molecule has 0 aliphatic heterocycles. The zero-order valence-corrected chi connectivity index (χ0v) is 13.3.